The van der Waals surface area contributed by atoms with E-state index in [4.69, 9.17) is 4.74 Å². The molecule has 5 heteroatoms. The van der Waals surface area contributed by atoms with Crippen LogP contribution in [0, 0.1) is 0 Å². The molecule has 104 valence electrons. The van der Waals surface area contributed by atoms with E-state index < -0.39 is 0 Å². The Balaban J connectivity index is 2.17. The van der Waals surface area contributed by atoms with E-state index in [2.05, 4.69) is 5.10 Å². The molecule has 1 aliphatic carbocycles. The van der Waals surface area contributed by atoms with Gasteiger partial charge in [0.1, 0.15) is 0 Å². The quantitative estimate of drug-likeness (QED) is 0.762. The van der Waals surface area contributed by atoms with Crippen LogP contribution in [0.4, 0.5) is 0 Å². The second-order valence-corrected chi connectivity index (χ2v) is 4.68. The molecule has 2 rings (SSSR count). The number of hydrogen-bond acceptors (Lipinski definition) is 4. The van der Waals surface area contributed by atoms with Crippen LogP contribution in [-0.4, -0.2) is 28.1 Å². The van der Waals surface area contributed by atoms with Gasteiger partial charge in [-0.1, -0.05) is 6.92 Å². The number of hydrogen-bond donors (Lipinski definition) is 0. The van der Waals surface area contributed by atoms with Crippen molar-refractivity contribution in [1.82, 2.24) is 9.78 Å². The van der Waals surface area contributed by atoms with E-state index >= 15 is 0 Å². The molecule has 0 unspecified atom stereocenters. The number of nitrogens with zero attached hydrogens (tertiary/aromatic N) is 2. The molecular formula is C14H20N2O3. The highest BCUT2D eigenvalue weighted by atomic mass is 16.5. The molecule has 0 saturated heterocycles. The summed E-state index contributed by atoms with van der Waals surface area (Å²) in [7, 11) is 0. The Morgan fingerprint density at radius 1 is 1.37 bits per heavy atom. The Labute approximate surface area is 112 Å². The molecule has 19 heavy (non-hydrogen) atoms. The van der Waals surface area contributed by atoms with Gasteiger partial charge < -0.3 is 4.74 Å². The Hall–Kier alpha value is -1.65. The molecule has 1 aliphatic rings. The molecular weight excluding hydrogens is 244 g/mol. The monoisotopic (exact) mass is 264 g/mol. The van der Waals surface area contributed by atoms with E-state index in [9.17, 15) is 9.59 Å². The third-order valence-electron chi connectivity index (χ3n) is 3.39. The van der Waals surface area contributed by atoms with Gasteiger partial charge in [-0.2, -0.15) is 5.10 Å². The van der Waals surface area contributed by atoms with Gasteiger partial charge in [0.15, 0.2) is 5.78 Å². The number of fused-ring (bicyclic) bond motifs is 1. The number of Topliss-reactive ketones (excluding diaryl/α,β-unsaturated/α-hetero) is 1. The third-order valence-corrected chi connectivity index (χ3v) is 3.39. The van der Waals surface area contributed by atoms with Crippen molar-refractivity contribution >= 4 is 11.8 Å². The van der Waals surface area contributed by atoms with Crippen LogP contribution in [0.3, 0.4) is 0 Å². The van der Waals surface area contributed by atoms with E-state index in [1.807, 2.05) is 11.6 Å². The van der Waals surface area contributed by atoms with Gasteiger partial charge in [0.05, 0.1) is 30.8 Å². The maximum Gasteiger partial charge on any atom is 0.307 e. The number of aryl methyl sites for hydroxylation is 2. The summed E-state index contributed by atoms with van der Waals surface area (Å²) in [5.74, 6) is -0.0209. The summed E-state index contributed by atoms with van der Waals surface area (Å²) in [6.45, 7) is 4.69. The van der Waals surface area contributed by atoms with Gasteiger partial charge in [-0.25, -0.2) is 0 Å². The van der Waals surface area contributed by atoms with Crippen LogP contribution in [0.15, 0.2) is 0 Å². The van der Waals surface area contributed by atoms with E-state index in [0.717, 1.165) is 36.2 Å². The molecule has 0 atom stereocenters. The summed E-state index contributed by atoms with van der Waals surface area (Å²) >= 11 is 0. The summed E-state index contributed by atoms with van der Waals surface area (Å²) in [6, 6.07) is 0. The zero-order chi connectivity index (χ0) is 13.8. The Kier molecular flexibility index (Phi) is 4.35. The van der Waals surface area contributed by atoms with E-state index in [0.29, 0.717) is 26.0 Å². The minimum atomic E-state index is -0.216. The van der Waals surface area contributed by atoms with Crippen molar-refractivity contribution in [3.63, 3.8) is 0 Å². The Morgan fingerprint density at radius 3 is 2.84 bits per heavy atom. The predicted molar refractivity (Wildman–Crippen MR) is 70.1 cm³/mol. The number of aromatic nitrogens is 2. The molecule has 0 radical (unpaired) electrons. The second kappa shape index (κ2) is 5.99. The SMILES string of the molecule is CCOC(=O)CCn1nc(CC)c2c1CCCC2=O. The Morgan fingerprint density at radius 2 is 2.16 bits per heavy atom. The van der Waals surface area contributed by atoms with E-state index in [-0.39, 0.29) is 11.8 Å². The summed E-state index contributed by atoms with van der Waals surface area (Å²) in [5.41, 5.74) is 2.67. The normalized spacial score (nSPS) is 14.3. The molecule has 0 saturated carbocycles. The molecule has 0 fully saturated rings. The lowest BCUT2D eigenvalue weighted by Gasteiger charge is -2.13. The molecule has 5 nitrogen and oxygen atoms in total. The molecule has 0 amide bonds. The highest BCUT2D eigenvalue weighted by Gasteiger charge is 2.26. The minimum absolute atomic E-state index is 0.195. The number of esters is 1. The first-order valence-electron chi connectivity index (χ1n) is 6.94. The lowest BCUT2D eigenvalue weighted by Crippen LogP contribution is -2.16. The van der Waals surface area contributed by atoms with E-state index in [1.54, 1.807) is 6.92 Å². The third kappa shape index (κ3) is 2.85. The largest absolute Gasteiger partial charge is 0.466 e. The summed E-state index contributed by atoms with van der Waals surface area (Å²) in [4.78, 5) is 23.4. The summed E-state index contributed by atoms with van der Waals surface area (Å²) < 4.78 is 6.74. The van der Waals surface area contributed by atoms with Crippen LogP contribution < -0.4 is 0 Å². The smallest absolute Gasteiger partial charge is 0.307 e. The van der Waals surface area contributed by atoms with Gasteiger partial charge in [-0.05, 0) is 26.2 Å². The van der Waals surface area contributed by atoms with Crippen LogP contribution >= 0.6 is 0 Å². The first-order chi connectivity index (χ1) is 9.17. The van der Waals surface area contributed by atoms with E-state index in [1.165, 1.54) is 0 Å². The van der Waals surface area contributed by atoms with Crippen molar-refractivity contribution in [2.75, 3.05) is 6.61 Å². The molecule has 0 N–H and O–H groups in total. The molecule has 1 aromatic rings. The zero-order valence-corrected chi connectivity index (χ0v) is 11.6. The molecule has 1 aromatic heterocycles. The standard InChI is InChI=1S/C14H20N2O3/c1-3-10-14-11(6-5-7-12(14)17)16(15-10)9-8-13(18)19-4-2/h3-9H2,1-2H3. The minimum Gasteiger partial charge on any atom is -0.466 e. The number of ether oxygens (including phenoxy) is 1. The van der Waals surface area contributed by atoms with Crippen LogP contribution in [-0.2, 0) is 28.9 Å². The van der Waals surface area contributed by atoms with Crippen LogP contribution in [0.1, 0.15) is 54.9 Å². The fourth-order valence-electron chi connectivity index (χ4n) is 2.53. The van der Waals surface area contributed by atoms with Crippen molar-refractivity contribution < 1.29 is 14.3 Å². The number of carbonyl (C=O) groups is 2. The topological polar surface area (TPSA) is 61.2 Å². The fourth-order valence-corrected chi connectivity index (χ4v) is 2.53. The van der Waals surface area contributed by atoms with Crippen molar-refractivity contribution in [2.24, 2.45) is 0 Å². The maximum absolute atomic E-state index is 12.0. The average molecular weight is 264 g/mol. The molecule has 1 heterocycles. The summed E-state index contributed by atoms with van der Waals surface area (Å²) in [5, 5.41) is 4.48. The Bertz CT molecular complexity index is 491. The summed E-state index contributed by atoms with van der Waals surface area (Å²) in [6.07, 6.45) is 3.42. The highest BCUT2D eigenvalue weighted by molar-refractivity contribution is 5.99. The number of ketones is 1. The average Bonchev–Trinajstić information content (AvgIpc) is 2.76. The van der Waals surface area contributed by atoms with Crippen molar-refractivity contribution in [3.8, 4) is 0 Å². The second-order valence-electron chi connectivity index (χ2n) is 4.68. The predicted octanol–water partition coefficient (Wildman–Crippen LogP) is 1.92. The first-order valence-corrected chi connectivity index (χ1v) is 6.94. The lowest BCUT2D eigenvalue weighted by molar-refractivity contribution is -0.143. The lowest BCUT2D eigenvalue weighted by atomic mass is 9.94. The molecule has 0 aromatic carbocycles. The molecule has 0 aliphatic heterocycles. The van der Waals surface area contributed by atoms with Crippen LogP contribution in [0.5, 0.6) is 0 Å². The number of carbonyl (C=O) groups excluding carboxylic acids is 2. The van der Waals surface area contributed by atoms with Gasteiger partial charge in [0.25, 0.3) is 0 Å². The fraction of sp³-hybridized carbons (Fsp3) is 0.643. The van der Waals surface area contributed by atoms with Gasteiger partial charge in [0.2, 0.25) is 0 Å². The van der Waals surface area contributed by atoms with Gasteiger partial charge >= 0.3 is 5.97 Å². The van der Waals surface area contributed by atoms with Crippen LogP contribution in [0.25, 0.3) is 0 Å². The highest BCUT2D eigenvalue weighted by Crippen LogP contribution is 2.25. The first kappa shape index (κ1) is 13.8. The van der Waals surface area contributed by atoms with Crippen molar-refractivity contribution in [2.45, 2.75) is 52.5 Å². The van der Waals surface area contributed by atoms with Gasteiger partial charge in [0, 0.05) is 12.1 Å². The molecule has 0 spiro atoms. The zero-order valence-electron chi connectivity index (χ0n) is 11.6. The van der Waals surface area contributed by atoms with Gasteiger partial charge in [-0.15, -0.1) is 0 Å². The number of rotatable bonds is 5. The van der Waals surface area contributed by atoms with Crippen molar-refractivity contribution in [3.05, 3.63) is 17.0 Å². The van der Waals surface area contributed by atoms with Gasteiger partial charge in [-0.3, -0.25) is 14.3 Å². The van der Waals surface area contributed by atoms with Crippen LogP contribution in [0.2, 0.25) is 0 Å². The maximum atomic E-state index is 12.0. The molecule has 0 bridgehead atoms. The van der Waals surface area contributed by atoms with Crippen molar-refractivity contribution in [1.29, 1.82) is 0 Å².